The van der Waals surface area contributed by atoms with Crippen molar-refractivity contribution < 1.29 is 18.0 Å². The van der Waals surface area contributed by atoms with Crippen LogP contribution in [-0.4, -0.2) is 47.1 Å². The van der Waals surface area contributed by atoms with Crippen LogP contribution in [0.4, 0.5) is 5.69 Å². The summed E-state index contributed by atoms with van der Waals surface area (Å²) >= 11 is 0. The first-order chi connectivity index (χ1) is 16.1. The number of hydrogen-bond donors (Lipinski definition) is 1. The van der Waals surface area contributed by atoms with Crippen LogP contribution < -0.4 is 5.32 Å². The molecule has 9 heteroatoms. The third kappa shape index (κ3) is 4.95. The lowest BCUT2D eigenvalue weighted by molar-refractivity contribution is 0.102. The predicted molar refractivity (Wildman–Crippen MR) is 129 cm³/mol. The number of rotatable bonds is 6. The van der Waals surface area contributed by atoms with Crippen molar-refractivity contribution in [2.45, 2.75) is 25.2 Å². The first-order valence-corrected chi connectivity index (χ1v) is 12.6. The number of piperidine rings is 1. The number of aryl methyl sites for hydroxylation is 1. The molecular formula is C25H28N4O4S. The van der Waals surface area contributed by atoms with Gasteiger partial charge in [0.05, 0.1) is 4.90 Å². The molecule has 1 aromatic heterocycles. The molecule has 1 fully saturated rings. The van der Waals surface area contributed by atoms with Gasteiger partial charge in [-0.1, -0.05) is 13.8 Å². The van der Waals surface area contributed by atoms with E-state index in [1.165, 1.54) is 28.6 Å². The number of nitrogens with one attached hydrogen (secondary N) is 1. The second kappa shape index (κ2) is 9.52. The van der Waals surface area contributed by atoms with E-state index in [4.69, 9.17) is 0 Å². The van der Waals surface area contributed by atoms with E-state index in [0.717, 1.165) is 6.42 Å². The fourth-order valence-corrected chi connectivity index (χ4v) is 6.03. The van der Waals surface area contributed by atoms with Gasteiger partial charge in [-0.25, -0.2) is 13.4 Å². The van der Waals surface area contributed by atoms with Crippen LogP contribution in [0.15, 0.2) is 65.8 Å². The van der Waals surface area contributed by atoms with Crippen molar-refractivity contribution in [2.75, 3.05) is 18.4 Å². The second-order valence-electron chi connectivity index (χ2n) is 9.01. The fraction of sp³-hybridized carbons (Fsp3) is 0.320. The van der Waals surface area contributed by atoms with Crippen LogP contribution in [0.25, 0.3) is 0 Å². The smallest absolute Gasteiger partial charge is 0.255 e. The number of imidazole rings is 1. The highest BCUT2D eigenvalue weighted by molar-refractivity contribution is 7.89. The molecule has 1 amide bonds. The van der Waals surface area contributed by atoms with Crippen LogP contribution in [0.2, 0.25) is 0 Å². The number of amides is 1. The molecule has 1 aliphatic rings. The summed E-state index contributed by atoms with van der Waals surface area (Å²) in [5, 5.41) is 2.77. The number of ketones is 1. The molecule has 1 aliphatic heterocycles. The van der Waals surface area contributed by atoms with Crippen LogP contribution in [-0.2, 0) is 17.1 Å². The maximum Gasteiger partial charge on any atom is 0.255 e. The van der Waals surface area contributed by atoms with Crippen molar-refractivity contribution in [1.82, 2.24) is 13.9 Å². The third-order valence-electron chi connectivity index (χ3n) is 6.02. The second-order valence-corrected chi connectivity index (χ2v) is 11.0. The first kappa shape index (κ1) is 23.8. The Morgan fingerprint density at radius 2 is 1.53 bits per heavy atom. The Labute approximate surface area is 199 Å². The summed E-state index contributed by atoms with van der Waals surface area (Å²) in [6.45, 7) is 5.14. The van der Waals surface area contributed by atoms with Crippen LogP contribution >= 0.6 is 0 Å². The predicted octanol–water partition coefficient (Wildman–Crippen LogP) is 3.57. The standard InChI is InChI=1S/C25H28N4O4S/c1-17-14-18(2)16-29(15-17)34(32,33)22-10-6-20(7-11-22)25(31)27-21-8-4-19(5-9-21)23(30)24-26-12-13-28(24)3/h4-13,17-18H,14-16H2,1-3H3,(H,27,31). The van der Waals surface area contributed by atoms with Gasteiger partial charge in [0.25, 0.3) is 5.91 Å². The maximum absolute atomic E-state index is 13.0. The van der Waals surface area contributed by atoms with Gasteiger partial charge in [-0.2, -0.15) is 4.31 Å². The molecule has 0 spiro atoms. The van der Waals surface area contributed by atoms with E-state index in [9.17, 15) is 18.0 Å². The summed E-state index contributed by atoms with van der Waals surface area (Å²) in [5.74, 6) is 0.385. The molecule has 0 saturated carbocycles. The van der Waals surface area contributed by atoms with Gasteiger partial charge >= 0.3 is 0 Å². The van der Waals surface area contributed by atoms with E-state index >= 15 is 0 Å². The summed E-state index contributed by atoms with van der Waals surface area (Å²) in [6, 6.07) is 12.5. The van der Waals surface area contributed by atoms with Gasteiger partial charge in [-0.15, -0.1) is 0 Å². The largest absolute Gasteiger partial charge is 0.331 e. The first-order valence-electron chi connectivity index (χ1n) is 11.2. The number of hydrogen-bond acceptors (Lipinski definition) is 5. The van der Waals surface area contributed by atoms with Gasteiger partial charge in [0, 0.05) is 49.3 Å². The van der Waals surface area contributed by atoms with Crippen LogP contribution in [0.1, 0.15) is 46.8 Å². The van der Waals surface area contributed by atoms with Crippen LogP contribution in [0.3, 0.4) is 0 Å². The molecule has 4 rings (SSSR count). The summed E-state index contributed by atoms with van der Waals surface area (Å²) in [6.07, 6.45) is 4.28. The number of anilines is 1. The lowest BCUT2D eigenvalue weighted by atomic mass is 9.94. The summed E-state index contributed by atoms with van der Waals surface area (Å²) in [5.41, 5.74) is 1.32. The van der Waals surface area contributed by atoms with Gasteiger partial charge in [-0.05, 0) is 66.8 Å². The minimum absolute atomic E-state index is 0.183. The maximum atomic E-state index is 13.0. The minimum atomic E-state index is -3.60. The van der Waals surface area contributed by atoms with Gasteiger partial charge in [0.2, 0.25) is 15.8 Å². The van der Waals surface area contributed by atoms with Crippen molar-refractivity contribution in [2.24, 2.45) is 18.9 Å². The molecule has 178 valence electrons. The number of carbonyl (C=O) groups is 2. The van der Waals surface area contributed by atoms with Crippen molar-refractivity contribution in [3.05, 3.63) is 77.9 Å². The van der Waals surface area contributed by atoms with E-state index in [1.807, 2.05) is 0 Å². The average molecular weight is 481 g/mol. The molecule has 2 atom stereocenters. The van der Waals surface area contributed by atoms with Crippen LogP contribution in [0.5, 0.6) is 0 Å². The normalized spacial score (nSPS) is 19.0. The zero-order valence-electron chi connectivity index (χ0n) is 19.4. The minimum Gasteiger partial charge on any atom is -0.331 e. The van der Waals surface area contributed by atoms with Gasteiger partial charge < -0.3 is 9.88 Å². The summed E-state index contributed by atoms with van der Waals surface area (Å²) in [4.78, 5) is 29.4. The Hall–Kier alpha value is -3.30. The molecule has 2 unspecified atom stereocenters. The number of carbonyl (C=O) groups excluding carboxylic acids is 2. The van der Waals surface area contributed by atoms with Gasteiger partial charge in [-0.3, -0.25) is 9.59 Å². The van der Waals surface area contributed by atoms with E-state index in [2.05, 4.69) is 24.1 Å². The molecule has 0 bridgehead atoms. The molecule has 1 N–H and O–H groups in total. The molecular weight excluding hydrogens is 452 g/mol. The lowest BCUT2D eigenvalue weighted by Crippen LogP contribution is -2.42. The Morgan fingerprint density at radius 1 is 0.941 bits per heavy atom. The Bertz CT molecular complexity index is 1290. The zero-order valence-corrected chi connectivity index (χ0v) is 20.2. The molecule has 0 aliphatic carbocycles. The molecule has 3 aromatic rings. The summed E-state index contributed by atoms with van der Waals surface area (Å²) in [7, 11) is -1.85. The van der Waals surface area contributed by atoms with Crippen molar-refractivity contribution >= 4 is 27.4 Å². The zero-order chi connectivity index (χ0) is 24.5. The number of benzene rings is 2. The average Bonchev–Trinajstić information content (AvgIpc) is 3.24. The monoisotopic (exact) mass is 480 g/mol. The number of nitrogens with zero attached hydrogens (tertiary/aromatic N) is 3. The Kier molecular flexibility index (Phi) is 6.67. The van der Waals surface area contributed by atoms with Crippen molar-refractivity contribution in [3.8, 4) is 0 Å². The molecule has 1 saturated heterocycles. The summed E-state index contributed by atoms with van der Waals surface area (Å²) < 4.78 is 29.3. The highest BCUT2D eigenvalue weighted by Gasteiger charge is 2.31. The highest BCUT2D eigenvalue weighted by atomic mass is 32.2. The SMILES string of the molecule is CC1CC(C)CN(S(=O)(=O)c2ccc(C(=O)Nc3ccc(C(=O)c4nccn4C)cc3)cc2)C1. The van der Waals surface area contributed by atoms with E-state index in [0.29, 0.717) is 47.6 Å². The number of sulfonamides is 1. The molecule has 2 aromatic carbocycles. The van der Waals surface area contributed by atoms with Crippen molar-refractivity contribution in [3.63, 3.8) is 0 Å². The fourth-order valence-electron chi connectivity index (χ4n) is 4.35. The quantitative estimate of drug-likeness (QED) is 0.544. The van der Waals surface area contributed by atoms with E-state index in [-0.39, 0.29) is 16.6 Å². The Morgan fingerprint density at radius 3 is 2.09 bits per heavy atom. The van der Waals surface area contributed by atoms with E-state index in [1.54, 1.807) is 48.3 Å². The van der Waals surface area contributed by atoms with E-state index < -0.39 is 10.0 Å². The van der Waals surface area contributed by atoms with Crippen LogP contribution in [0, 0.1) is 11.8 Å². The topological polar surface area (TPSA) is 101 Å². The molecule has 8 nitrogen and oxygen atoms in total. The molecule has 34 heavy (non-hydrogen) atoms. The molecule has 2 heterocycles. The Balaban J connectivity index is 1.43. The van der Waals surface area contributed by atoms with Gasteiger partial charge in [0.1, 0.15) is 0 Å². The van der Waals surface area contributed by atoms with Gasteiger partial charge in [0.15, 0.2) is 5.82 Å². The lowest BCUT2D eigenvalue weighted by Gasteiger charge is -2.34. The molecule has 0 radical (unpaired) electrons. The number of aromatic nitrogens is 2. The highest BCUT2D eigenvalue weighted by Crippen LogP contribution is 2.27. The third-order valence-corrected chi connectivity index (χ3v) is 7.86. The van der Waals surface area contributed by atoms with Crippen molar-refractivity contribution in [1.29, 1.82) is 0 Å².